The first-order chi connectivity index (χ1) is 9.56. The first-order valence-electron chi connectivity index (χ1n) is 5.75. The van der Waals surface area contributed by atoms with Crippen LogP contribution in [0.4, 0.5) is 8.78 Å². The Morgan fingerprint density at radius 2 is 1.10 bits per heavy atom. The minimum atomic E-state index is -0.367. The summed E-state index contributed by atoms with van der Waals surface area (Å²) in [6.07, 6.45) is 0. The summed E-state index contributed by atoms with van der Waals surface area (Å²) in [5, 5.41) is 7.53. The van der Waals surface area contributed by atoms with Crippen molar-refractivity contribution in [3.63, 3.8) is 0 Å². The molecule has 2 rings (SSSR count). The van der Waals surface area contributed by atoms with Crippen molar-refractivity contribution in [2.24, 2.45) is 21.7 Å². The van der Waals surface area contributed by atoms with Crippen molar-refractivity contribution in [2.75, 3.05) is 0 Å². The normalized spacial score (nSPS) is 9.90. The third-order valence-electron chi connectivity index (χ3n) is 2.50. The Morgan fingerprint density at radius 3 is 1.45 bits per heavy atom. The average Bonchev–Trinajstić information content (AvgIpc) is 2.42. The zero-order valence-corrected chi connectivity index (χ0v) is 10.4. The van der Waals surface area contributed by atoms with E-state index >= 15 is 0 Å². The minimum Gasteiger partial charge on any atom is -0.369 e. The van der Waals surface area contributed by atoms with Crippen molar-refractivity contribution < 1.29 is 8.78 Å². The number of hydrogen-bond acceptors (Lipinski definition) is 2. The maximum absolute atomic E-state index is 13.0. The molecule has 0 bridgehead atoms. The molecule has 4 N–H and O–H groups in total. The first-order valence-corrected chi connectivity index (χ1v) is 5.75. The summed E-state index contributed by atoms with van der Waals surface area (Å²) in [6.45, 7) is 0. The van der Waals surface area contributed by atoms with Crippen LogP contribution in [-0.4, -0.2) is 11.7 Å². The molecule has 102 valence electrons. The van der Waals surface area contributed by atoms with E-state index in [1.165, 1.54) is 24.3 Å². The van der Waals surface area contributed by atoms with Crippen molar-refractivity contribution >= 4 is 11.7 Å². The van der Waals surface area contributed by atoms with E-state index in [-0.39, 0.29) is 17.6 Å². The molecule has 0 aliphatic rings. The fraction of sp³-hybridized carbons (Fsp3) is 0. The second kappa shape index (κ2) is 5.92. The van der Waals surface area contributed by atoms with Crippen LogP contribution in [0.15, 0.2) is 58.7 Å². The van der Waals surface area contributed by atoms with Crippen LogP contribution in [0.2, 0.25) is 0 Å². The molecule has 0 fully saturated rings. The first kappa shape index (κ1) is 13.7. The van der Waals surface area contributed by atoms with Gasteiger partial charge in [-0.05, 0) is 48.5 Å². The number of nitrogens with two attached hydrogens (primary N) is 2. The Bertz CT molecular complexity index is 594. The topological polar surface area (TPSA) is 76.8 Å². The van der Waals surface area contributed by atoms with Gasteiger partial charge in [0.05, 0.1) is 0 Å². The van der Waals surface area contributed by atoms with Crippen molar-refractivity contribution in [3.05, 3.63) is 71.3 Å². The van der Waals surface area contributed by atoms with E-state index in [9.17, 15) is 8.78 Å². The largest absolute Gasteiger partial charge is 0.369 e. The van der Waals surface area contributed by atoms with Crippen molar-refractivity contribution in [1.82, 2.24) is 0 Å². The van der Waals surface area contributed by atoms with E-state index in [0.717, 1.165) is 0 Å². The molecule has 0 heterocycles. The van der Waals surface area contributed by atoms with Crippen LogP contribution in [0.3, 0.4) is 0 Å². The summed E-state index contributed by atoms with van der Waals surface area (Å²) < 4.78 is 25.9. The van der Waals surface area contributed by atoms with Gasteiger partial charge in [-0.1, -0.05) is 0 Å². The molecule has 0 saturated carbocycles. The number of benzene rings is 2. The highest BCUT2D eigenvalue weighted by Crippen LogP contribution is 2.13. The molecule has 0 unspecified atom stereocenters. The summed E-state index contributed by atoms with van der Waals surface area (Å²) in [5.74, 6) is -0.935. The fourth-order valence-corrected chi connectivity index (χ4v) is 1.61. The predicted molar refractivity (Wildman–Crippen MR) is 74.2 cm³/mol. The van der Waals surface area contributed by atoms with Gasteiger partial charge >= 0.3 is 0 Å². The van der Waals surface area contributed by atoms with Gasteiger partial charge in [-0.15, -0.1) is 10.2 Å². The quantitative estimate of drug-likeness (QED) is 0.510. The average molecular weight is 274 g/mol. The standard InChI is InChI=1S/C14H12F2N4/c15-11-5-1-9(2-6-11)13(19-20-14(17)18)10-3-7-12(16)8-4-10/h1-8H,(H4,17,18,20). The lowest BCUT2D eigenvalue weighted by Crippen LogP contribution is -2.22. The minimum absolute atomic E-state index is 0.202. The molecule has 0 spiro atoms. The smallest absolute Gasteiger partial charge is 0.211 e. The maximum atomic E-state index is 13.0. The highest BCUT2D eigenvalue weighted by molar-refractivity contribution is 6.12. The number of rotatable bonds is 3. The zero-order chi connectivity index (χ0) is 14.5. The van der Waals surface area contributed by atoms with Crippen LogP contribution in [0.5, 0.6) is 0 Å². The molecule has 2 aromatic carbocycles. The fourth-order valence-electron chi connectivity index (χ4n) is 1.61. The molecule has 6 heteroatoms. The molecular formula is C14H12F2N4. The summed E-state index contributed by atoms with van der Waals surface area (Å²) in [4.78, 5) is 0. The van der Waals surface area contributed by atoms with Crippen molar-refractivity contribution in [1.29, 1.82) is 0 Å². The zero-order valence-electron chi connectivity index (χ0n) is 10.4. The van der Waals surface area contributed by atoms with E-state index < -0.39 is 0 Å². The van der Waals surface area contributed by atoms with Gasteiger partial charge in [-0.25, -0.2) is 8.78 Å². The second-order valence-corrected chi connectivity index (χ2v) is 3.99. The second-order valence-electron chi connectivity index (χ2n) is 3.99. The van der Waals surface area contributed by atoms with Crippen LogP contribution in [0.25, 0.3) is 0 Å². The molecule has 0 atom stereocenters. The van der Waals surface area contributed by atoms with E-state index in [0.29, 0.717) is 16.8 Å². The molecule has 0 aliphatic carbocycles. The lowest BCUT2D eigenvalue weighted by Gasteiger charge is -2.05. The molecule has 4 nitrogen and oxygen atoms in total. The van der Waals surface area contributed by atoms with Gasteiger partial charge in [-0.3, -0.25) is 0 Å². The number of guanidine groups is 1. The molecule has 2 aromatic rings. The van der Waals surface area contributed by atoms with Gasteiger partial charge in [-0.2, -0.15) is 0 Å². The summed E-state index contributed by atoms with van der Waals surface area (Å²) in [6, 6.07) is 11.3. The van der Waals surface area contributed by atoms with Gasteiger partial charge in [0.1, 0.15) is 17.3 Å². The van der Waals surface area contributed by atoms with Crippen LogP contribution in [0, 0.1) is 11.6 Å². The lowest BCUT2D eigenvalue weighted by atomic mass is 10.0. The van der Waals surface area contributed by atoms with Crippen LogP contribution in [-0.2, 0) is 0 Å². The SMILES string of the molecule is NC(N)=NN=C(c1ccc(F)cc1)c1ccc(F)cc1. The van der Waals surface area contributed by atoms with Crippen LogP contribution >= 0.6 is 0 Å². The third kappa shape index (κ3) is 3.38. The molecule has 0 aliphatic heterocycles. The predicted octanol–water partition coefficient (Wildman–Crippen LogP) is 1.99. The maximum Gasteiger partial charge on any atom is 0.211 e. The van der Waals surface area contributed by atoms with Gasteiger partial charge in [0.2, 0.25) is 5.96 Å². The molecule has 0 saturated heterocycles. The van der Waals surface area contributed by atoms with E-state index in [4.69, 9.17) is 11.5 Å². The lowest BCUT2D eigenvalue weighted by molar-refractivity contribution is 0.627. The summed E-state index contributed by atoms with van der Waals surface area (Å²) in [5.41, 5.74) is 12.1. The molecule has 0 aromatic heterocycles. The molecule has 0 amide bonds. The third-order valence-corrected chi connectivity index (χ3v) is 2.50. The Morgan fingerprint density at radius 1 is 0.700 bits per heavy atom. The Hall–Kier alpha value is -2.76. The van der Waals surface area contributed by atoms with E-state index in [1.54, 1.807) is 24.3 Å². The van der Waals surface area contributed by atoms with E-state index in [1.807, 2.05) is 0 Å². The molecule has 0 radical (unpaired) electrons. The monoisotopic (exact) mass is 274 g/mol. The van der Waals surface area contributed by atoms with E-state index in [2.05, 4.69) is 10.2 Å². The van der Waals surface area contributed by atoms with Gasteiger partial charge in [0.25, 0.3) is 0 Å². The molecule has 20 heavy (non-hydrogen) atoms. The van der Waals surface area contributed by atoms with Gasteiger partial charge in [0.15, 0.2) is 0 Å². The number of halogens is 2. The van der Waals surface area contributed by atoms with Crippen LogP contribution in [0.1, 0.15) is 11.1 Å². The Balaban J connectivity index is 2.50. The van der Waals surface area contributed by atoms with Gasteiger partial charge < -0.3 is 11.5 Å². The summed E-state index contributed by atoms with van der Waals surface area (Å²) in [7, 11) is 0. The Kier molecular flexibility index (Phi) is 4.05. The van der Waals surface area contributed by atoms with Crippen LogP contribution < -0.4 is 11.5 Å². The highest BCUT2D eigenvalue weighted by Gasteiger charge is 2.08. The van der Waals surface area contributed by atoms with Crippen molar-refractivity contribution in [3.8, 4) is 0 Å². The van der Waals surface area contributed by atoms with Crippen molar-refractivity contribution in [2.45, 2.75) is 0 Å². The summed E-state index contributed by atoms with van der Waals surface area (Å²) >= 11 is 0. The highest BCUT2D eigenvalue weighted by atomic mass is 19.1. The molecular weight excluding hydrogens is 262 g/mol. The number of hydrogen-bond donors (Lipinski definition) is 2. The Labute approximate surface area is 114 Å². The van der Waals surface area contributed by atoms with Gasteiger partial charge in [0, 0.05) is 11.1 Å². The number of nitrogens with zero attached hydrogens (tertiary/aromatic N) is 2.